The van der Waals surface area contributed by atoms with Crippen LogP contribution >= 0.6 is 0 Å². The summed E-state index contributed by atoms with van der Waals surface area (Å²) in [5.74, 6) is 0.0864. The molecule has 1 aliphatic rings. The van der Waals surface area contributed by atoms with E-state index in [1.807, 2.05) is 37.3 Å². The number of hydrogen-bond donors (Lipinski definition) is 2. The normalized spacial score (nSPS) is 19.0. The van der Waals surface area contributed by atoms with Crippen molar-refractivity contribution >= 4 is 18.2 Å². The summed E-state index contributed by atoms with van der Waals surface area (Å²) in [6.07, 6.45) is 3.27. The minimum absolute atomic E-state index is 0.0405. The van der Waals surface area contributed by atoms with E-state index in [-0.39, 0.29) is 5.75 Å². The number of benzene rings is 2. The van der Waals surface area contributed by atoms with E-state index >= 15 is 0 Å². The molecule has 0 radical (unpaired) electrons. The number of nitrogens with one attached hydrogen (secondary N) is 1. The smallest absolute Gasteiger partial charge is 0.346 e. The average Bonchev–Trinajstić information content (AvgIpc) is 2.93. The predicted octanol–water partition coefficient (Wildman–Crippen LogP) is 3.46. The number of phenolic OH excluding ortho intramolecular Hbond substituents is 1. The molecule has 0 saturated carbocycles. The quantitative estimate of drug-likeness (QED) is 0.529. The molecule has 0 aliphatic carbocycles. The zero-order chi connectivity index (χ0) is 20.9. The summed E-state index contributed by atoms with van der Waals surface area (Å²) in [6.45, 7) is 4.24. The van der Waals surface area contributed by atoms with Crippen LogP contribution in [-0.4, -0.2) is 40.4 Å². The van der Waals surface area contributed by atoms with Crippen molar-refractivity contribution in [2.75, 3.05) is 6.61 Å². The molecule has 1 saturated heterocycles. The van der Waals surface area contributed by atoms with Gasteiger partial charge in [0.1, 0.15) is 17.0 Å². The van der Waals surface area contributed by atoms with Gasteiger partial charge in [0.05, 0.1) is 12.8 Å². The lowest BCUT2D eigenvalue weighted by molar-refractivity contribution is -0.130. The van der Waals surface area contributed by atoms with Crippen molar-refractivity contribution in [3.05, 3.63) is 59.7 Å². The number of urea groups is 1. The highest BCUT2D eigenvalue weighted by Crippen LogP contribution is 2.25. The number of amides is 3. The summed E-state index contributed by atoms with van der Waals surface area (Å²) in [5, 5.41) is 17.7. The molecule has 1 aliphatic heterocycles. The second kappa shape index (κ2) is 8.77. The number of ether oxygens (including phenoxy) is 1. The van der Waals surface area contributed by atoms with Crippen LogP contribution in [0.2, 0.25) is 0 Å². The number of aryl methyl sites for hydroxylation is 1. The van der Waals surface area contributed by atoms with E-state index in [1.165, 1.54) is 12.3 Å². The van der Waals surface area contributed by atoms with Gasteiger partial charge in [-0.2, -0.15) is 5.10 Å². The Balaban J connectivity index is 1.68. The molecule has 7 nitrogen and oxygen atoms in total. The van der Waals surface area contributed by atoms with Crippen LogP contribution in [0.25, 0.3) is 0 Å². The Hall–Kier alpha value is -3.35. The molecular weight excluding hydrogens is 370 g/mol. The van der Waals surface area contributed by atoms with E-state index in [0.717, 1.165) is 17.0 Å². The first kappa shape index (κ1) is 20.4. The molecule has 0 unspecified atom stereocenters. The van der Waals surface area contributed by atoms with Crippen molar-refractivity contribution in [3.8, 4) is 11.5 Å². The Morgan fingerprint density at radius 3 is 2.66 bits per heavy atom. The fourth-order valence-electron chi connectivity index (χ4n) is 3.04. The maximum absolute atomic E-state index is 12.8. The molecule has 152 valence electrons. The van der Waals surface area contributed by atoms with Crippen LogP contribution < -0.4 is 10.1 Å². The van der Waals surface area contributed by atoms with Gasteiger partial charge in [-0.3, -0.25) is 4.79 Å². The summed E-state index contributed by atoms with van der Waals surface area (Å²) in [5.41, 5.74) is 0.449. The molecular formula is C22H25N3O4. The first-order chi connectivity index (χ1) is 13.9. The van der Waals surface area contributed by atoms with Gasteiger partial charge in [0, 0.05) is 11.6 Å². The van der Waals surface area contributed by atoms with Crippen molar-refractivity contribution in [1.82, 2.24) is 10.3 Å². The van der Waals surface area contributed by atoms with Crippen molar-refractivity contribution in [2.45, 2.75) is 38.6 Å². The van der Waals surface area contributed by atoms with Gasteiger partial charge in [-0.25, -0.2) is 4.79 Å². The van der Waals surface area contributed by atoms with Gasteiger partial charge in [0.15, 0.2) is 0 Å². The lowest BCUT2D eigenvalue weighted by Crippen LogP contribution is -2.44. The Labute approximate surface area is 170 Å². The van der Waals surface area contributed by atoms with Crippen LogP contribution in [0.15, 0.2) is 53.6 Å². The molecule has 2 aromatic carbocycles. The van der Waals surface area contributed by atoms with Crippen LogP contribution in [0.5, 0.6) is 11.5 Å². The minimum Gasteiger partial charge on any atom is -0.507 e. The Kier molecular flexibility index (Phi) is 6.16. The van der Waals surface area contributed by atoms with E-state index in [0.29, 0.717) is 30.8 Å². The highest BCUT2D eigenvalue weighted by atomic mass is 16.5. The number of rotatable bonds is 8. The van der Waals surface area contributed by atoms with Gasteiger partial charge in [-0.05, 0) is 43.9 Å². The third kappa shape index (κ3) is 4.74. The summed E-state index contributed by atoms with van der Waals surface area (Å²) < 4.78 is 5.46. The molecule has 7 heteroatoms. The molecule has 1 heterocycles. The van der Waals surface area contributed by atoms with Gasteiger partial charge in [0.25, 0.3) is 5.91 Å². The zero-order valence-corrected chi connectivity index (χ0v) is 16.6. The van der Waals surface area contributed by atoms with E-state index in [4.69, 9.17) is 4.74 Å². The molecule has 3 rings (SSSR count). The van der Waals surface area contributed by atoms with E-state index < -0.39 is 17.5 Å². The molecule has 0 bridgehead atoms. The van der Waals surface area contributed by atoms with Crippen LogP contribution in [0.4, 0.5) is 4.79 Å². The number of aromatic hydroxyl groups is 1. The zero-order valence-electron chi connectivity index (χ0n) is 16.6. The highest BCUT2D eigenvalue weighted by molar-refractivity contribution is 6.07. The van der Waals surface area contributed by atoms with Crippen LogP contribution in [-0.2, 0) is 11.2 Å². The van der Waals surface area contributed by atoms with E-state index in [1.54, 1.807) is 19.1 Å². The molecule has 3 amide bonds. The third-order valence-corrected chi connectivity index (χ3v) is 4.78. The number of imide groups is 1. The largest absolute Gasteiger partial charge is 0.507 e. The van der Waals surface area contributed by atoms with Gasteiger partial charge in [-0.15, -0.1) is 5.01 Å². The standard InChI is InChI=1S/C22H25N3O4/c1-3-13-29-18-10-9-17(19(26)14-18)15-23-25-20(27)22(2,24-21(25)28)12-11-16-7-5-4-6-8-16/h4-10,14-15,26H,3,11-13H2,1-2H3,(H,24,28)/b23-15+/t22-/m0/s1. The number of carbonyl (C=O) groups excluding carboxylic acids is 2. The van der Waals surface area contributed by atoms with Crippen molar-refractivity contribution < 1.29 is 19.4 Å². The first-order valence-corrected chi connectivity index (χ1v) is 9.63. The number of hydrazone groups is 1. The molecule has 0 spiro atoms. The molecule has 29 heavy (non-hydrogen) atoms. The van der Waals surface area contributed by atoms with Crippen LogP contribution in [0, 0.1) is 0 Å². The predicted molar refractivity (Wildman–Crippen MR) is 110 cm³/mol. The van der Waals surface area contributed by atoms with Crippen molar-refractivity contribution in [3.63, 3.8) is 0 Å². The number of hydrogen-bond acceptors (Lipinski definition) is 5. The maximum Gasteiger partial charge on any atom is 0.346 e. The number of carbonyl (C=O) groups is 2. The van der Waals surface area contributed by atoms with E-state index in [2.05, 4.69) is 10.4 Å². The fourth-order valence-corrected chi connectivity index (χ4v) is 3.04. The lowest BCUT2D eigenvalue weighted by Gasteiger charge is -2.20. The molecule has 2 aromatic rings. The average molecular weight is 395 g/mol. The molecule has 0 aromatic heterocycles. The monoisotopic (exact) mass is 395 g/mol. The molecule has 1 atom stereocenters. The number of phenols is 1. The van der Waals surface area contributed by atoms with Gasteiger partial charge in [-0.1, -0.05) is 37.3 Å². The topological polar surface area (TPSA) is 91.2 Å². The van der Waals surface area contributed by atoms with Gasteiger partial charge < -0.3 is 15.2 Å². The van der Waals surface area contributed by atoms with Gasteiger partial charge in [0.2, 0.25) is 0 Å². The SMILES string of the molecule is CCCOc1ccc(/C=N/N2C(=O)N[C@@](C)(CCc3ccccc3)C2=O)c(O)c1. The molecule has 2 N–H and O–H groups in total. The minimum atomic E-state index is -1.02. The molecule has 1 fully saturated rings. The second-order valence-corrected chi connectivity index (χ2v) is 7.18. The summed E-state index contributed by atoms with van der Waals surface area (Å²) in [6, 6.07) is 14.0. The van der Waals surface area contributed by atoms with Crippen molar-refractivity contribution in [1.29, 1.82) is 0 Å². The Bertz CT molecular complexity index is 914. The lowest BCUT2D eigenvalue weighted by atomic mass is 9.93. The van der Waals surface area contributed by atoms with Crippen LogP contribution in [0.1, 0.15) is 37.8 Å². The summed E-state index contributed by atoms with van der Waals surface area (Å²) >= 11 is 0. The summed E-state index contributed by atoms with van der Waals surface area (Å²) in [4.78, 5) is 25.1. The van der Waals surface area contributed by atoms with Gasteiger partial charge >= 0.3 is 6.03 Å². The fraction of sp³-hybridized carbons (Fsp3) is 0.318. The summed E-state index contributed by atoms with van der Waals surface area (Å²) in [7, 11) is 0. The number of nitrogens with zero attached hydrogens (tertiary/aromatic N) is 2. The highest BCUT2D eigenvalue weighted by Gasteiger charge is 2.47. The first-order valence-electron chi connectivity index (χ1n) is 9.63. The maximum atomic E-state index is 12.8. The van der Waals surface area contributed by atoms with Crippen LogP contribution in [0.3, 0.4) is 0 Å². The van der Waals surface area contributed by atoms with Crippen molar-refractivity contribution in [2.24, 2.45) is 5.10 Å². The van der Waals surface area contributed by atoms with E-state index in [9.17, 15) is 14.7 Å². The Morgan fingerprint density at radius 1 is 1.21 bits per heavy atom. The second-order valence-electron chi connectivity index (χ2n) is 7.18. The third-order valence-electron chi connectivity index (χ3n) is 4.78. The Morgan fingerprint density at radius 2 is 1.97 bits per heavy atom.